The summed E-state index contributed by atoms with van der Waals surface area (Å²) in [7, 11) is 1.50. The van der Waals surface area contributed by atoms with Crippen molar-refractivity contribution in [2.45, 2.75) is 38.6 Å². The molecule has 3 amide bonds. The maximum atomic E-state index is 12.9. The number of fused-ring (bicyclic) bond motifs is 1. The Hall–Kier alpha value is -1.93. The Morgan fingerprint density at radius 3 is 2.71 bits per heavy atom. The number of nitrogens with zero attached hydrogens (tertiary/aromatic N) is 2. The molecule has 2 atom stereocenters. The van der Waals surface area contributed by atoms with Crippen LogP contribution in [0.2, 0.25) is 0 Å². The van der Waals surface area contributed by atoms with Crippen LogP contribution in [-0.2, 0) is 14.3 Å². The fraction of sp³-hybridized carbons (Fsp3) is 0.650. The van der Waals surface area contributed by atoms with Gasteiger partial charge in [-0.25, -0.2) is 0 Å². The van der Waals surface area contributed by atoms with Gasteiger partial charge in [-0.3, -0.25) is 14.4 Å². The van der Waals surface area contributed by atoms with E-state index in [9.17, 15) is 14.4 Å². The van der Waals surface area contributed by atoms with Crippen molar-refractivity contribution in [2.24, 2.45) is 5.92 Å². The van der Waals surface area contributed by atoms with Gasteiger partial charge in [0.2, 0.25) is 11.8 Å². The predicted octanol–water partition coefficient (Wildman–Crippen LogP) is 1.66. The highest BCUT2D eigenvalue weighted by Gasteiger charge is 2.37. The third-order valence-corrected chi connectivity index (χ3v) is 6.57. The van der Waals surface area contributed by atoms with Crippen molar-refractivity contribution >= 4 is 29.1 Å². The van der Waals surface area contributed by atoms with Crippen molar-refractivity contribution in [1.29, 1.82) is 0 Å². The number of ether oxygens (including phenoxy) is 1. The van der Waals surface area contributed by atoms with Crippen molar-refractivity contribution in [1.82, 2.24) is 15.1 Å². The molecule has 0 spiro atoms. The van der Waals surface area contributed by atoms with Gasteiger partial charge in [0.05, 0.1) is 10.8 Å². The molecule has 7 nitrogen and oxygen atoms in total. The lowest BCUT2D eigenvalue weighted by atomic mass is 9.82. The Morgan fingerprint density at radius 1 is 1.21 bits per heavy atom. The van der Waals surface area contributed by atoms with Gasteiger partial charge < -0.3 is 19.9 Å². The van der Waals surface area contributed by atoms with Gasteiger partial charge in [-0.2, -0.15) is 0 Å². The molecular formula is C20H29N3O4S. The summed E-state index contributed by atoms with van der Waals surface area (Å²) < 4.78 is 5.07. The molecule has 1 saturated carbocycles. The van der Waals surface area contributed by atoms with Crippen LogP contribution >= 0.6 is 11.3 Å². The van der Waals surface area contributed by atoms with Gasteiger partial charge in [0.25, 0.3) is 5.91 Å². The lowest BCUT2D eigenvalue weighted by molar-refractivity contribution is -0.142. The summed E-state index contributed by atoms with van der Waals surface area (Å²) in [6, 6.07) is 3.64. The van der Waals surface area contributed by atoms with E-state index in [0.29, 0.717) is 31.1 Å². The maximum Gasteiger partial charge on any atom is 0.264 e. The van der Waals surface area contributed by atoms with Crippen LogP contribution in [0.15, 0.2) is 12.1 Å². The SMILES string of the molecule is COCC(=O)N1CCN(C(=O)c2ccc(C)s2)CCNC(=O)C2CCCCC21. The monoisotopic (exact) mass is 407 g/mol. The first-order valence-corrected chi connectivity index (χ1v) is 10.7. The molecule has 28 heavy (non-hydrogen) atoms. The molecule has 2 fully saturated rings. The van der Waals surface area contributed by atoms with E-state index in [1.807, 2.05) is 19.1 Å². The Bertz CT molecular complexity index is 720. The summed E-state index contributed by atoms with van der Waals surface area (Å²) in [5.74, 6) is -0.364. The molecule has 1 N–H and O–H groups in total. The minimum absolute atomic E-state index is 0.0110. The molecule has 1 aromatic heterocycles. The Labute approximate surface area is 170 Å². The lowest BCUT2D eigenvalue weighted by Gasteiger charge is -2.41. The zero-order valence-corrected chi connectivity index (χ0v) is 17.4. The highest BCUT2D eigenvalue weighted by molar-refractivity contribution is 7.13. The molecule has 1 aromatic rings. The zero-order valence-electron chi connectivity index (χ0n) is 16.6. The number of rotatable bonds is 3. The molecule has 2 aliphatic rings. The molecule has 1 saturated heterocycles. The Morgan fingerprint density at radius 2 is 2.00 bits per heavy atom. The molecule has 3 rings (SSSR count). The van der Waals surface area contributed by atoms with Crippen LogP contribution in [0.3, 0.4) is 0 Å². The van der Waals surface area contributed by atoms with E-state index in [1.54, 1.807) is 9.80 Å². The number of nitrogens with one attached hydrogen (secondary N) is 1. The highest BCUT2D eigenvalue weighted by Crippen LogP contribution is 2.29. The number of methoxy groups -OCH3 is 1. The van der Waals surface area contributed by atoms with Gasteiger partial charge in [0, 0.05) is 44.2 Å². The van der Waals surface area contributed by atoms with Crippen LogP contribution in [-0.4, -0.2) is 73.5 Å². The van der Waals surface area contributed by atoms with Gasteiger partial charge in [0.15, 0.2) is 0 Å². The number of hydrogen-bond acceptors (Lipinski definition) is 5. The third-order valence-electron chi connectivity index (χ3n) is 5.58. The first-order chi connectivity index (χ1) is 13.5. The van der Waals surface area contributed by atoms with E-state index in [1.165, 1.54) is 18.4 Å². The fourth-order valence-corrected chi connectivity index (χ4v) is 5.00. The summed E-state index contributed by atoms with van der Waals surface area (Å²) in [6.45, 7) is 3.70. The first kappa shape index (κ1) is 20.8. The lowest BCUT2D eigenvalue weighted by Crippen LogP contribution is -2.56. The van der Waals surface area contributed by atoms with Crippen LogP contribution in [0.4, 0.5) is 0 Å². The highest BCUT2D eigenvalue weighted by atomic mass is 32.1. The van der Waals surface area contributed by atoms with Crippen molar-refractivity contribution in [2.75, 3.05) is 39.9 Å². The minimum atomic E-state index is -0.184. The van der Waals surface area contributed by atoms with Crippen LogP contribution in [0.5, 0.6) is 0 Å². The van der Waals surface area contributed by atoms with Crippen LogP contribution in [0, 0.1) is 12.8 Å². The number of carbonyl (C=O) groups is 3. The topological polar surface area (TPSA) is 79.0 Å². The number of hydrogen-bond donors (Lipinski definition) is 1. The summed E-state index contributed by atoms with van der Waals surface area (Å²) in [6.07, 6.45) is 3.61. The van der Waals surface area contributed by atoms with E-state index in [2.05, 4.69) is 5.32 Å². The molecule has 2 heterocycles. The normalized spacial score (nSPS) is 23.7. The zero-order chi connectivity index (χ0) is 20.1. The fourth-order valence-electron chi connectivity index (χ4n) is 4.17. The second-order valence-corrected chi connectivity index (χ2v) is 8.76. The molecule has 0 radical (unpaired) electrons. The smallest absolute Gasteiger partial charge is 0.264 e. The van der Waals surface area contributed by atoms with Gasteiger partial charge in [-0.15, -0.1) is 11.3 Å². The van der Waals surface area contributed by atoms with E-state index >= 15 is 0 Å². The molecule has 1 aliphatic carbocycles. The minimum Gasteiger partial charge on any atom is -0.375 e. The average Bonchev–Trinajstić information content (AvgIpc) is 3.13. The van der Waals surface area contributed by atoms with Crippen molar-refractivity contribution < 1.29 is 19.1 Å². The average molecular weight is 408 g/mol. The molecular weight excluding hydrogens is 378 g/mol. The quantitative estimate of drug-likeness (QED) is 0.827. The van der Waals surface area contributed by atoms with Crippen LogP contribution in [0.1, 0.15) is 40.2 Å². The number of carbonyl (C=O) groups excluding carboxylic acids is 3. The van der Waals surface area contributed by atoms with Crippen LogP contribution in [0.25, 0.3) is 0 Å². The van der Waals surface area contributed by atoms with Gasteiger partial charge >= 0.3 is 0 Å². The molecule has 0 aromatic carbocycles. The summed E-state index contributed by atoms with van der Waals surface area (Å²) in [5, 5.41) is 2.99. The van der Waals surface area contributed by atoms with Crippen molar-refractivity contribution in [3.05, 3.63) is 21.9 Å². The maximum absolute atomic E-state index is 12.9. The first-order valence-electron chi connectivity index (χ1n) is 9.93. The number of thiophene rings is 1. The summed E-state index contributed by atoms with van der Waals surface area (Å²) in [5.41, 5.74) is 0. The van der Waals surface area contributed by atoms with Gasteiger partial charge in [0.1, 0.15) is 6.61 Å². The van der Waals surface area contributed by atoms with Gasteiger partial charge in [-0.05, 0) is 31.9 Å². The van der Waals surface area contributed by atoms with Gasteiger partial charge in [-0.1, -0.05) is 12.8 Å². The molecule has 154 valence electrons. The predicted molar refractivity (Wildman–Crippen MR) is 107 cm³/mol. The molecule has 0 bridgehead atoms. The molecule has 1 aliphatic heterocycles. The second-order valence-electron chi connectivity index (χ2n) is 7.47. The van der Waals surface area contributed by atoms with E-state index in [0.717, 1.165) is 30.6 Å². The standard InChI is InChI=1S/C20H29N3O4S/c1-14-7-8-17(28-14)20(26)22-10-9-21-19(25)15-5-3-4-6-16(15)23(12-11-22)18(24)13-27-2/h7-8,15-16H,3-6,9-13H2,1-2H3,(H,21,25). The largest absolute Gasteiger partial charge is 0.375 e. The van der Waals surface area contributed by atoms with E-state index in [4.69, 9.17) is 4.74 Å². The van der Waals surface area contributed by atoms with E-state index in [-0.39, 0.29) is 36.3 Å². The van der Waals surface area contributed by atoms with E-state index < -0.39 is 0 Å². The summed E-state index contributed by atoms with van der Waals surface area (Å²) in [4.78, 5) is 43.7. The number of aryl methyl sites for hydroxylation is 1. The molecule has 2 unspecified atom stereocenters. The third kappa shape index (κ3) is 4.72. The second kappa shape index (κ2) is 9.52. The Balaban J connectivity index is 1.82. The summed E-state index contributed by atoms with van der Waals surface area (Å²) >= 11 is 1.47. The Kier molecular flexibility index (Phi) is 7.07. The molecule has 8 heteroatoms. The van der Waals surface area contributed by atoms with Crippen LogP contribution < -0.4 is 5.32 Å². The van der Waals surface area contributed by atoms with Crippen molar-refractivity contribution in [3.8, 4) is 0 Å². The van der Waals surface area contributed by atoms with Crippen molar-refractivity contribution in [3.63, 3.8) is 0 Å². The number of amides is 3.